The van der Waals surface area contributed by atoms with Crippen molar-refractivity contribution in [1.29, 1.82) is 5.26 Å². The number of benzene rings is 1. The lowest BCUT2D eigenvalue weighted by Crippen LogP contribution is -2.24. The van der Waals surface area contributed by atoms with E-state index in [1.165, 1.54) is 12.1 Å². The SMILES string of the molecule is CC(C(=O)Nc1ccc(C#N)cc1)n1ccc(=O)cc1. The maximum absolute atomic E-state index is 12.1. The Hall–Kier alpha value is -2.87. The topological polar surface area (TPSA) is 74.9 Å². The Morgan fingerprint density at radius 2 is 1.80 bits per heavy atom. The molecule has 2 aromatic rings. The third kappa shape index (κ3) is 3.12. The summed E-state index contributed by atoms with van der Waals surface area (Å²) in [5.41, 5.74) is 1.07. The molecule has 1 atom stereocenters. The van der Waals surface area contributed by atoms with Gasteiger partial charge in [-0.25, -0.2) is 0 Å². The molecular weight excluding hydrogens is 254 g/mol. The average Bonchev–Trinajstić information content (AvgIpc) is 2.48. The standard InChI is InChI=1S/C15H13N3O2/c1-11(18-8-6-14(19)7-9-18)15(20)17-13-4-2-12(10-16)3-5-13/h2-9,11H,1H3,(H,17,20). The minimum atomic E-state index is -0.439. The highest BCUT2D eigenvalue weighted by Crippen LogP contribution is 2.12. The van der Waals surface area contributed by atoms with Crippen molar-refractivity contribution in [3.63, 3.8) is 0 Å². The molecule has 1 N–H and O–H groups in total. The molecule has 1 heterocycles. The molecular formula is C15H13N3O2. The Balaban J connectivity index is 2.09. The number of hydrogen-bond acceptors (Lipinski definition) is 3. The number of amides is 1. The van der Waals surface area contributed by atoms with E-state index in [1.54, 1.807) is 48.1 Å². The van der Waals surface area contributed by atoms with E-state index in [-0.39, 0.29) is 11.3 Å². The Morgan fingerprint density at radius 3 is 2.35 bits per heavy atom. The number of hydrogen-bond donors (Lipinski definition) is 1. The van der Waals surface area contributed by atoms with Crippen molar-refractivity contribution in [3.05, 3.63) is 64.6 Å². The lowest BCUT2D eigenvalue weighted by molar-refractivity contribution is -0.118. The molecule has 5 nitrogen and oxygen atoms in total. The molecule has 0 spiro atoms. The van der Waals surface area contributed by atoms with Crippen LogP contribution in [0.4, 0.5) is 5.69 Å². The zero-order valence-electron chi connectivity index (χ0n) is 10.9. The third-order valence-electron chi connectivity index (χ3n) is 2.93. The molecule has 100 valence electrons. The third-order valence-corrected chi connectivity index (χ3v) is 2.93. The van der Waals surface area contributed by atoms with Crippen LogP contribution in [0.1, 0.15) is 18.5 Å². The first-order valence-electron chi connectivity index (χ1n) is 6.09. The summed E-state index contributed by atoms with van der Waals surface area (Å²) < 4.78 is 1.65. The molecule has 1 unspecified atom stereocenters. The first-order valence-corrected chi connectivity index (χ1v) is 6.09. The molecule has 5 heteroatoms. The van der Waals surface area contributed by atoms with Crippen molar-refractivity contribution in [3.8, 4) is 6.07 Å². The smallest absolute Gasteiger partial charge is 0.247 e. The molecule has 0 radical (unpaired) electrons. The van der Waals surface area contributed by atoms with Crippen LogP contribution >= 0.6 is 0 Å². The van der Waals surface area contributed by atoms with Crippen LogP contribution in [0.5, 0.6) is 0 Å². The summed E-state index contributed by atoms with van der Waals surface area (Å²) in [6, 6.07) is 11.0. The van der Waals surface area contributed by atoms with Crippen LogP contribution < -0.4 is 10.7 Å². The Labute approximate surface area is 116 Å². The van der Waals surface area contributed by atoms with Crippen LogP contribution in [0.3, 0.4) is 0 Å². The summed E-state index contributed by atoms with van der Waals surface area (Å²) in [6.07, 6.45) is 3.15. The van der Waals surface area contributed by atoms with E-state index in [0.717, 1.165) is 0 Å². The summed E-state index contributed by atoms with van der Waals surface area (Å²) in [5, 5.41) is 11.5. The Kier molecular flexibility index (Phi) is 3.96. The van der Waals surface area contributed by atoms with Gasteiger partial charge in [-0.15, -0.1) is 0 Å². The van der Waals surface area contributed by atoms with Gasteiger partial charge in [0.05, 0.1) is 11.6 Å². The first-order chi connectivity index (χ1) is 9.60. The molecule has 0 fully saturated rings. The molecule has 20 heavy (non-hydrogen) atoms. The van der Waals surface area contributed by atoms with Crippen molar-refractivity contribution in [2.75, 3.05) is 5.32 Å². The van der Waals surface area contributed by atoms with Gasteiger partial charge in [-0.05, 0) is 31.2 Å². The fraction of sp³-hybridized carbons (Fsp3) is 0.133. The van der Waals surface area contributed by atoms with Crippen LogP contribution in [-0.4, -0.2) is 10.5 Å². The zero-order valence-corrected chi connectivity index (χ0v) is 10.9. The number of carbonyl (C=O) groups is 1. The maximum atomic E-state index is 12.1. The highest BCUT2D eigenvalue weighted by molar-refractivity contribution is 5.93. The van der Waals surface area contributed by atoms with E-state index in [9.17, 15) is 9.59 Å². The number of nitrogens with one attached hydrogen (secondary N) is 1. The van der Waals surface area contributed by atoms with Gasteiger partial charge in [0.25, 0.3) is 0 Å². The molecule has 0 bridgehead atoms. The van der Waals surface area contributed by atoms with Gasteiger partial charge in [0.15, 0.2) is 5.43 Å². The molecule has 0 saturated heterocycles. The highest BCUT2D eigenvalue weighted by atomic mass is 16.2. The van der Waals surface area contributed by atoms with Crippen molar-refractivity contribution >= 4 is 11.6 Å². The number of anilines is 1. The Morgan fingerprint density at radius 1 is 1.20 bits per heavy atom. The summed E-state index contributed by atoms with van der Waals surface area (Å²) in [6.45, 7) is 1.74. The lowest BCUT2D eigenvalue weighted by atomic mass is 10.2. The second-order valence-electron chi connectivity index (χ2n) is 4.34. The molecule has 2 rings (SSSR count). The van der Waals surface area contributed by atoms with Crippen LogP contribution in [0.2, 0.25) is 0 Å². The van der Waals surface area contributed by atoms with Crippen LogP contribution in [0, 0.1) is 11.3 Å². The molecule has 0 aliphatic carbocycles. The van der Waals surface area contributed by atoms with E-state index in [4.69, 9.17) is 5.26 Å². The van der Waals surface area contributed by atoms with Crippen molar-refractivity contribution in [2.24, 2.45) is 0 Å². The van der Waals surface area contributed by atoms with Gasteiger partial charge in [-0.1, -0.05) is 0 Å². The van der Waals surface area contributed by atoms with E-state index in [2.05, 4.69) is 5.32 Å². The first kappa shape index (κ1) is 13.6. The Bertz CT molecular complexity index is 691. The number of pyridine rings is 1. The number of carbonyl (C=O) groups excluding carboxylic acids is 1. The molecule has 1 aromatic heterocycles. The van der Waals surface area contributed by atoms with Gasteiger partial charge in [0.2, 0.25) is 5.91 Å². The van der Waals surface area contributed by atoms with E-state index in [1.807, 2.05) is 6.07 Å². The number of nitriles is 1. The number of aromatic nitrogens is 1. The van der Waals surface area contributed by atoms with E-state index >= 15 is 0 Å². The van der Waals surface area contributed by atoms with Gasteiger partial charge in [0, 0.05) is 30.2 Å². The molecule has 0 aliphatic rings. The lowest BCUT2D eigenvalue weighted by Gasteiger charge is -2.15. The zero-order chi connectivity index (χ0) is 14.5. The fourth-order valence-corrected chi connectivity index (χ4v) is 1.69. The predicted octanol–water partition coefficient (Wildman–Crippen LogP) is 1.92. The van der Waals surface area contributed by atoms with Crippen molar-refractivity contribution in [2.45, 2.75) is 13.0 Å². The highest BCUT2D eigenvalue weighted by Gasteiger charge is 2.13. The second kappa shape index (κ2) is 5.85. The largest absolute Gasteiger partial charge is 0.342 e. The van der Waals surface area contributed by atoms with Crippen molar-refractivity contribution < 1.29 is 4.79 Å². The molecule has 1 aromatic carbocycles. The second-order valence-corrected chi connectivity index (χ2v) is 4.34. The quantitative estimate of drug-likeness (QED) is 0.923. The van der Waals surface area contributed by atoms with Gasteiger partial charge in [0.1, 0.15) is 6.04 Å². The van der Waals surface area contributed by atoms with Crippen LogP contribution in [0.25, 0.3) is 0 Å². The summed E-state index contributed by atoms with van der Waals surface area (Å²) >= 11 is 0. The van der Waals surface area contributed by atoms with Gasteiger partial charge in [-0.3, -0.25) is 9.59 Å². The monoisotopic (exact) mass is 267 g/mol. The predicted molar refractivity (Wildman–Crippen MR) is 75.2 cm³/mol. The minimum Gasteiger partial charge on any atom is -0.342 e. The van der Waals surface area contributed by atoms with E-state index < -0.39 is 6.04 Å². The summed E-state index contributed by atoms with van der Waals surface area (Å²) in [7, 11) is 0. The summed E-state index contributed by atoms with van der Waals surface area (Å²) in [5.74, 6) is -0.196. The molecule has 1 amide bonds. The van der Waals surface area contributed by atoms with Gasteiger partial charge < -0.3 is 9.88 Å². The van der Waals surface area contributed by atoms with Gasteiger partial charge in [-0.2, -0.15) is 5.26 Å². The number of nitrogens with zero attached hydrogens (tertiary/aromatic N) is 2. The normalized spacial score (nSPS) is 11.4. The number of rotatable bonds is 3. The van der Waals surface area contributed by atoms with Crippen molar-refractivity contribution in [1.82, 2.24) is 4.57 Å². The van der Waals surface area contributed by atoms with E-state index in [0.29, 0.717) is 11.3 Å². The fourth-order valence-electron chi connectivity index (χ4n) is 1.69. The maximum Gasteiger partial charge on any atom is 0.247 e. The molecule has 0 aliphatic heterocycles. The van der Waals surface area contributed by atoms with Crippen LogP contribution in [0.15, 0.2) is 53.6 Å². The molecule has 0 saturated carbocycles. The summed E-state index contributed by atoms with van der Waals surface area (Å²) in [4.78, 5) is 23.1. The minimum absolute atomic E-state index is 0.0963. The van der Waals surface area contributed by atoms with Crippen LogP contribution in [-0.2, 0) is 4.79 Å². The van der Waals surface area contributed by atoms with Gasteiger partial charge >= 0.3 is 0 Å². The average molecular weight is 267 g/mol.